The summed E-state index contributed by atoms with van der Waals surface area (Å²) in [5.41, 5.74) is 1.24. The Balaban J connectivity index is 1.64. The first-order valence-corrected chi connectivity index (χ1v) is 7.64. The minimum atomic E-state index is 0.595. The van der Waals surface area contributed by atoms with Gasteiger partial charge in [-0.15, -0.1) is 0 Å². The van der Waals surface area contributed by atoms with Gasteiger partial charge in [-0.25, -0.2) is 4.98 Å². The van der Waals surface area contributed by atoms with E-state index in [0.29, 0.717) is 6.04 Å². The number of fused-ring (bicyclic) bond motifs is 1. The lowest BCUT2D eigenvalue weighted by molar-refractivity contribution is 0.188. The molecule has 4 heteroatoms. The molecule has 0 aliphatic carbocycles. The molecule has 1 aromatic heterocycles. The second kappa shape index (κ2) is 5.17. The number of piperidine rings is 1. The van der Waals surface area contributed by atoms with Gasteiger partial charge >= 0.3 is 0 Å². The molecule has 98 valence electrons. The number of anilines is 1. The van der Waals surface area contributed by atoms with E-state index in [2.05, 4.69) is 44.1 Å². The largest absolute Gasteiger partial charge is 0.367 e. The molecule has 2 atom stereocenters. The van der Waals surface area contributed by atoms with Gasteiger partial charge in [0, 0.05) is 29.3 Å². The molecule has 18 heavy (non-hydrogen) atoms. The van der Waals surface area contributed by atoms with E-state index in [9.17, 15) is 0 Å². The zero-order valence-corrected chi connectivity index (χ0v) is 12.4. The van der Waals surface area contributed by atoms with Crippen molar-refractivity contribution in [2.45, 2.75) is 44.7 Å². The summed E-state index contributed by atoms with van der Waals surface area (Å²) >= 11 is 3.49. The van der Waals surface area contributed by atoms with E-state index in [-0.39, 0.29) is 0 Å². The van der Waals surface area contributed by atoms with E-state index in [0.717, 1.165) is 16.3 Å². The van der Waals surface area contributed by atoms with Crippen molar-refractivity contribution in [1.82, 2.24) is 9.88 Å². The first-order valence-electron chi connectivity index (χ1n) is 6.85. The Hall–Kier alpha value is -0.610. The van der Waals surface area contributed by atoms with Gasteiger partial charge in [0.05, 0.1) is 0 Å². The summed E-state index contributed by atoms with van der Waals surface area (Å²) in [4.78, 5) is 7.10. The topological polar surface area (TPSA) is 28.2 Å². The number of aromatic nitrogens is 1. The van der Waals surface area contributed by atoms with Crippen LogP contribution in [-0.2, 0) is 0 Å². The summed E-state index contributed by atoms with van der Waals surface area (Å²) in [5.74, 6) is 1.02. The summed E-state index contributed by atoms with van der Waals surface area (Å²) in [5, 5.41) is 3.60. The Morgan fingerprint density at radius 2 is 2.28 bits per heavy atom. The lowest BCUT2D eigenvalue weighted by Crippen LogP contribution is -2.42. The van der Waals surface area contributed by atoms with Crippen molar-refractivity contribution in [3.63, 3.8) is 0 Å². The number of halogens is 1. The third-order valence-corrected chi connectivity index (χ3v) is 5.05. The monoisotopic (exact) mass is 309 g/mol. The van der Waals surface area contributed by atoms with Crippen molar-refractivity contribution in [3.05, 3.63) is 22.3 Å². The molecule has 1 N–H and O–H groups in total. The van der Waals surface area contributed by atoms with Crippen molar-refractivity contribution in [3.8, 4) is 0 Å². The van der Waals surface area contributed by atoms with Crippen LogP contribution in [-0.4, -0.2) is 35.1 Å². The molecule has 1 aromatic rings. The van der Waals surface area contributed by atoms with Crippen LogP contribution in [0.4, 0.5) is 5.82 Å². The molecule has 2 saturated heterocycles. The van der Waals surface area contributed by atoms with E-state index in [1.165, 1.54) is 44.3 Å². The molecule has 2 fully saturated rings. The molecule has 0 amide bonds. The Kier molecular flexibility index (Phi) is 3.57. The highest BCUT2D eigenvalue weighted by molar-refractivity contribution is 9.10. The average Bonchev–Trinajstić information content (AvgIpc) is 2.81. The number of pyridine rings is 1. The van der Waals surface area contributed by atoms with Crippen LogP contribution < -0.4 is 5.32 Å². The van der Waals surface area contributed by atoms with Crippen LogP contribution in [0, 0.1) is 6.92 Å². The third kappa shape index (κ3) is 2.54. The van der Waals surface area contributed by atoms with Crippen LogP contribution in [0.15, 0.2) is 16.7 Å². The second-order valence-corrected chi connectivity index (χ2v) is 6.37. The Labute approximate surface area is 117 Å². The maximum absolute atomic E-state index is 4.45. The standard InChI is InChI=1S/C14H20BrN3/c1-10-7-14(16-9-13(10)15)17-11-4-6-18-5-2-3-12(18)8-11/h7,9,11-12H,2-6,8H2,1H3,(H,16,17). The van der Waals surface area contributed by atoms with Gasteiger partial charge in [0.2, 0.25) is 0 Å². The van der Waals surface area contributed by atoms with Crippen molar-refractivity contribution < 1.29 is 0 Å². The average molecular weight is 310 g/mol. The number of hydrogen-bond acceptors (Lipinski definition) is 3. The lowest BCUT2D eigenvalue weighted by atomic mass is 9.97. The molecule has 2 aliphatic heterocycles. The smallest absolute Gasteiger partial charge is 0.126 e. The highest BCUT2D eigenvalue weighted by Crippen LogP contribution is 2.28. The molecule has 0 saturated carbocycles. The van der Waals surface area contributed by atoms with Crippen LogP contribution in [0.3, 0.4) is 0 Å². The molecular formula is C14H20BrN3. The molecule has 0 aromatic carbocycles. The van der Waals surface area contributed by atoms with Gasteiger partial charge in [-0.1, -0.05) is 0 Å². The first-order chi connectivity index (χ1) is 8.72. The number of nitrogens with zero attached hydrogens (tertiary/aromatic N) is 2. The van der Waals surface area contributed by atoms with Gasteiger partial charge in [0.15, 0.2) is 0 Å². The first kappa shape index (κ1) is 12.4. The quantitative estimate of drug-likeness (QED) is 0.909. The van der Waals surface area contributed by atoms with Crippen LogP contribution >= 0.6 is 15.9 Å². The maximum Gasteiger partial charge on any atom is 0.126 e. The molecule has 2 aliphatic rings. The minimum absolute atomic E-state index is 0.595. The molecular weight excluding hydrogens is 290 g/mol. The normalized spacial score (nSPS) is 28.1. The van der Waals surface area contributed by atoms with Gasteiger partial charge in [0.25, 0.3) is 0 Å². The van der Waals surface area contributed by atoms with Crippen LogP contribution in [0.1, 0.15) is 31.2 Å². The molecule has 2 unspecified atom stereocenters. The fourth-order valence-electron chi connectivity index (χ4n) is 3.18. The Morgan fingerprint density at radius 1 is 1.39 bits per heavy atom. The fourth-order valence-corrected chi connectivity index (χ4v) is 3.40. The predicted molar refractivity (Wildman–Crippen MR) is 77.9 cm³/mol. The molecule has 0 spiro atoms. The highest BCUT2D eigenvalue weighted by atomic mass is 79.9. The van der Waals surface area contributed by atoms with E-state index in [1.807, 2.05) is 6.20 Å². The molecule has 3 nitrogen and oxygen atoms in total. The summed E-state index contributed by atoms with van der Waals surface area (Å²) in [7, 11) is 0. The van der Waals surface area contributed by atoms with Gasteiger partial charge in [-0.2, -0.15) is 0 Å². The van der Waals surface area contributed by atoms with E-state index in [1.54, 1.807) is 0 Å². The summed E-state index contributed by atoms with van der Waals surface area (Å²) in [6.07, 6.45) is 7.17. The molecule has 3 rings (SSSR count). The summed E-state index contributed by atoms with van der Waals surface area (Å²) in [6.45, 7) is 4.67. The maximum atomic E-state index is 4.45. The molecule has 0 bridgehead atoms. The Morgan fingerprint density at radius 3 is 3.11 bits per heavy atom. The van der Waals surface area contributed by atoms with Crippen LogP contribution in [0.2, 0.25) is 0 Å². The number of hydrogen-bond donors (Lipinski definition) is 1. The highest BCUT2D eigenvalue weighted by Gasteiger charge is 2.31. The van der Waals surface area contributed by atoms with E-state index >= 15 is 0 Å². The zero-order valence-electron chi connectivity index (χ0n) is 10.8. The van der Waals surface area contributed by atoms with Crippen molar-refractivity contribution >= 4 is 21.7 Å². The third-order valence-electron chi connectivity index (χ3n) is 4.22. The second-order valence-electron chi connectivity index (χ2n) is 5.52. The van der Waals surface area contributed by atoms with E-state index < -0.39 is 0 Å². The Bertz CT molecular complexity index is 435. The van der Waals surface area contributed by atoms with Gasteiger partial charge < -0.3 is 10.2 Å². The molecule has 3 heterocycles. The number of aryl methyl sites for hydroxylation is 1. The fraction of sp³-hybridized carbons (Fsp3) is 0.643. The predicted octanol–water partition coefficient (Wildman–Crippen LogP) is 3.19. The van der Waals surface area contributed by atoms with Gasteiger partial charge in [0.1, 0.15) is 5.82 Å². The van der Waals surface area contributed by atoms with Crippen molar-refractivity contribution in [1.29, 1.82) is 0 Å². The summed E-state index contributed by atoms with van der Waals surface area (Å²) in [6, 6.07) is 3.54. The van der Waals surface area contributed by atoms with E-state index in [4.69, 9.17) is 0 Å². The van der Waals surface area contributed by atoms with Crippen molar-refractivity contribution in [2.75, 3.05) is 18.4 Å². The zero-order chi connectivity index (χ0) is 12.5. The van der Waals surface area contributed by atoms with Gasteiger partial charge in [-0.3, -0.25) is 0 Å². The summed E-state index contributed by atoms with van der Waals surface area (Å²) < 4.78 is 1.08. The number of rotatable bonds is 2. The SMILES string of the molecule is Cc1cc(NC2CCN3CCCC3C2)ncc1Br. The van der Waals surface area contributed by atoms with Crippen molar-refractivity contribution in [2.24, 2.45) is 0 Å². The van der Waals surface area contributed by atoms with Crippen LogP contribution in [0.25, 0.3) is 0 Å². The van der Waals surface area contributed by atoms with Crippen LogP contribution in [0.5, 0.6) is 0 Å². The molecule has 0 radical (unpaired) electrons. The number of nitrogens with one attached hydrogen (secondary N) is 1. The lowest BCUT2D eigenvalue weighted by Gasteiger charge is -2.35. The van der Waals surface area contributed by atoms with Gasteiger partial charge in [-0.05, 0) is 66.7 Å². The minimum Gasteiger partial charge on any atom is -0.367 e.